The van der Waals surface area contributed by atoms with E-state index >= 15 is 0 Å². The van der Waals surface area contributed by atoms with E-state index in [4.69, 9.17) is 5.73 Å². The Morgan fingerprint density at radius 2 is 1.74 bits per heavy atom. The second kappa shape index (κ2) is 10.7. The van der Waals surface area contributed by atoms with Gasteiger partial charge in [0.05, 0.1) is 0 Å². The number of nitrogens with two attached hydrogens (primary N) is 1. The molecule has 1 aliphatic heterocycles. The lowest BCUT2D eigenvalue weighted by atomic mass is 9.99. The standard InChI is InChI=1S/C21H27N3O.2ClH/c1-15-7-9-18(10-8-15)20(22)21(25)23-13-16(2)24-12-11-17-5-3-4-6-19(17)14-24;;/h3-10,16,20H,11-14,22H2,1-2H3,(H,23,25);2*1H. The summed E-state index contributed by atoms with van der Waals surface area (Å²) in [5, 5.41) is 3.01. The van der Waals surface area contributed by atoms with Crippen molar-refractivity contribution in [2.24, 2.45) is 5.73 Å². The summed E-state index contributed by atoms with van der Waals surface area (Å²) < 4.78 is 0. The van der Waals surface area contributed by atoms with Crippen LogP contribution in [0.1, 0.15) is 35.2 Å². The van der Waals surface area contributed by atoms with Gasteiger partial charge in [0, 0.05) is 25.7 Å². The van der Waals surface area contributed by atoms with E-state index in [1.165, 1.54) is 11.1 Å². The summed E-state index contributed by atoms with van der Waals surface area (Å²) in [6, 6.07) is 16.1. The van der Waals surface area contributed by atoms with Gasteiger partial charge in [0.25, 0.3) is 0 Å². The van der Waals surface area contributed by atoms with Crippen LogP contribution in [0, 0.1) is 6.92 Å². The molecule has 6 heteroatoms. The van der Waals surface area contributed by atoms with E-state index in [2.05, 4.69) is 41.4 Å². The van der Waals surface area contributed by atoms with Crippen LogP contribution >= 0.6 is 24.8 Å². The Bertz CT molecular complexity index is 736. The van der Waals surface area contributed by atoms with Crippen LogP contribution in [0.4, 0.5) is 0 Å². The molecule has 1 amide bonds. The highest BCUT2D eigenvalue weighted by atomic mass is 35.5. The van der Waals surface area contributed by atoms with Gasteiger partial charge >= 0.3 is 0 Å². The highest BCUT2D eigenvalue weighted by Crippen LogP contribution is 2.20. The highest BCUT2D eigenvalue weighted by Gasteiger charge is 2.22. The quantitative estimate of drug-likeness (QED) is 0.795. The van der Waals surface area contributed by atoms with E-state index in [-0.39, 0.29) is 36.8 Å². The van der Waals surface area contributed by atoms with Gasteiger partial charge in [-0.25, -0.2) is 0 Å². The average molecular weight is 410 g/mol. The van der Waals surface area contributed by atoms with Crippen molar-refractivity contribution in [2.45, 2.75) is 38.9 Å². The zero-order valence-electron chi connectivity index (χ0n) is 15.9. The summed E-state index contributed by atoms with van der Waals surface area (Å²) in [6.45, 7) is 6.76. The van der Waals surface area contributed by atoms with Crippen molar-refractivity contribution in [3.63, 3.8) is 0 Å². The third kappa shape index (κ3) is 5.94. The zero-order chi connectivity index (χ0) is 17.8. The number of aryl methyl sites for hydroxylation is 1. The molecule has 0 saturated carbocycles. The number of carbonyl (C=O) groups excluding carboxylic acids is 1. The van der Waals surface area contributed by atoms with Gasteiger partial charge in [-0.1, -0.05) is 54.1 Å². The maximum atomic E-state index is 12.4. The summed E-state index contributed by atoms with van der Waals surface area (Å²) in [7, 11) is 0. The number of nitrogens with zero attached hydrogens (tertiary/aromatic N) is 1. The fourth-order valence-corrected chi connectivity index (χ4v) is 3.31. The van der Waals surface area contributed by atoms with Gasteiger partial charge in [-0.3, -0.25) is 9.69 Å². The van der Waals surface area contributed by atoms with Gasteiger partial charge in [-0.15, -0.1) is 24.8 Å². The van der Waals surface area contributed by atoms with Gasteiger partial charge in [-0.05, 0) is 37.0 Å². The lowest BCUT2D eigenvalue weighted by molar-refractivity contribution is -0.122. The molecule has 1 aliphatic rings. The molecule has 148 valence electrons. The molecule has 0 aromatic heterocycles. The molecule has 2 aromatic rings. The molecule has 0 saturated heterocycles. The van der Waals surface area contributed by atoms with Gasteiger partial charge < -0.3 is 11.1 Å². The minimum atomic E-state index is -0.616. The molecule has 0 radical (unpaired) electrons. The van der Waals surface area contributed by atoms with Crippen molar-refractivity contribution >= 4 is 30.7 Å². The van der Waals surface area contributed by atoms with E-state index in [9.17, 15) is 4.79 Å². The molecule has 1 heterocycles. The molecule has 2 unspecified atom stereocenters. The molecule has 4 nitrogen and oxygen atoms in total. The Labute approximate surface area is 174 Å². The van der Waals surface area contributed by atoms with E-state index in [0.29, 0.717) is 6.54 Å². The molecule has 0 fully saturated rings. The Balaban J connectivity index is 0.00000182. The third-order valence-corrected chi connectivity index (χ3v) is 5.07. The third-order valence-electron chi connectivity index (χ3n) is 5.07. The Morgan fingerprint density at radius 1 is 1.11 bits per heavy atom. The highest BCUT2D eigenvalue weighted by molar-refractivity contribution is 5.85. The predicted octanol–water partition coefficient (Wildman–Crippen LogP) is 3.40. The number of fused-ring (bicyclic) bond motifs is 1. The van der Waals surface area contributed by atoms with Gasteiger partial charge in [0.2, 0.25) is 5.91 Å². The molecular formula is C21H29Cl2N3O. The number of halogens is 2. The van der Waals surface area contributed by atoms with Gasteiger partial charge in [-0.2, -0.15) is 0 Å². The van der Waals surface area contributed by atoms with Crippen LogP contribution in [0.15, 0.2) is 48.5 Å². The van der Waals surface area contributed by atoms with Crippen LogP contribution in [0.25, 0.3) is 0 Å². The van der Waals surface area contributed by atoms with Crippen LogP contribution in [0.3, 0.4) is 0 Å². The van der Waals surface area contributed by atoms with E-state index in [0.717, 1.165) is 30.6 Å². The van der Waals surface area contributed by atoms with Crippen molar-refractivity contribution in [3.05, 3.63) is 70.8 Å². The first-order chi connectivity index (χ1) is 12.0. The summed E-state index contributed by atoms with van der Waals surface area (Å²) >= 11 is 0. The van der Waals surface area contributed by atoms with Gasteiger partial charge in [0.1, 0.15) is 6.04 Å². The van der Waals surface area contributed by atoms with Crippen LogP contribution in [0.2, 0.25) is 0 Å². The maximum Gasteiger partial charge on any atom is 0.241 e. The fourth-order valence-electron chi connectivity index (χ4n) is 3.31. The number of amides is 1. The summed E-state index contributed by atoms with van der Waals surface area (Å²) in [5.74, 6) is -0.117. The van der Waals surface area contributed by atoms with Crippen molar-refractivity contribution in [1.29, 1.82) is 0 Å². The zero-order valence-corrected chi connectivity index (χ0v) is 17.5. The van der Waals surface area contributed by atoms with E-state index in [1.54, 1.807) is 0 Å². The molecular weight excluding hydrogens is 381 g/mol. The summed E-state index contributed by atoms with van der Waals surface area (Å²) in [4.78, 5) is 14.8. The first-order valence-electron chi connectivity index (χ1n) is 8.95. The monoisotopic (exact) mass is 409 g/mol. The second-order valence-corrected chi connectivity index (χ2v) is 6.97. The molecule has 27 heavy (non-hydrogen) atoms. The largest absolute Gasteiger partial charge is 0.353 e. The number of rotatable bonds is 5. The Hall–Kier alpha value is -1.59. The fraction of sp³-hybridized carbons (Fsp3) is 0.381. The molecule has 3 rings (SSSR count). The lowest BCUT2D eigenvalue weighted by Gasteiger charge is -2.34. The first-order valence-corrected chi connectivity index (χ1v) is 8.95. The molecule has 0 spiro atoms. The topological polar surface area (TPSA) is 58.4 Å². The van der Waals surface area contributed by atoms with Crippen LogP contribution in [0.5, 0.6) is 0 Å². The number of hydrogen-bond acceptors (Lipinski definition) is 3. The minimum Gasteiger partial charge on any atom is -0.353 e. The van der Waals surface area contributed by atoms with E-state index < -0.39 is 6.04 Å². The second-order valence-electron chi connectivity index (χ2n) is 6.97. The van der Waals surface area contributed by atoms with Crippen LogP contribution in [-0.4, -0.2) is 29.9 Å². The minimum absolute atomic E-state index is 0. The van der Waals surface area contributed by atoms with Crippen molar-refractivity contribution in [3.8, 4) is 0 Å². The van der Waals surface area contributed by atoms with Gasteiger partial charge in [0.15, 0.2) is 0 Å². The smallest absolute Gasteiger partial charge is 0.241 e. The normalized spacial score (nSPS) is 15.5. The Kier molecular flexibility index (Phi) is 9.27. The number of benzene rings is 2. The molecule has 0 aliphatic carbocycles. The number of carbonyl (C=O) groups is 1. The number of nitrogens with one attached hydrogen (secondary N) is 1. The van der Waals surface area contributed by atoms with Crippen molar-refractivity contribution < 1.29 is 4.79 Å². The van der Waals surface area contributed by atoms with Crippen molar-refractivity contribution in [1.82, 2.24) is 10.2 Å². The van der Waals surface area contributed by atoms with E-state index in [1.807, 2.05) is 31.2 Å². The van der Waals surface area contributed by atoms with Crippen LogP contribution < -0.4 is 11.1 Å². The molecule has 2 aromatic carbocycles. The SMILES string of the molecule is Cc1ccc(C(N)C(=O)NCC(C)N2CCc3ccccc3C2)cc1.Cl.Cl. The van der Waals surface area contributed by atoms with Crippen molar-refractivity contribution in [2.75, 3.05) is 13.1 Å². The summed E-state index contributed by atoms with van der Waals surface area (Å²) in [6.07, 6.45) is 1.07. The lowest BCUT2D eigenvalue weighted by Crippen LogP contribution is -2.46. The Morgan fingerprint density at radius 3 is 2.41 bits per heavy atom. The maximum absolute atomic E-state index is 12.4. The molecule has 3 N–H and O–H groups in total. The summed E-state index contributed by atoms with van der Waals surface area (Å²) in [5.41, 5.74) is 10.9. The molecule has 0 bridgehead atoms. The predicted molar refractivity (Wildman–Crippen MR) is 116 cm³/mol. The van der Waals surface area contributed by atoms with Crippen LogP contribution in [-0.2, 0) is 17.8 Å². The molecule has 2 atom stereocenters. The average Bonchev–Trinajstić information content (AvgIpc) is 2.65. The first kappa shape index (κ1) is 23.4. The number of hydrogen-bond donors (Lipinski definition) is 2.